The van der Waals surface area contributed by atoms with Crippen LogP contribution in [0.4, 0.5) is 0 Å². The maximum absolute atomic E-state index is 10.2. The van der Waals surface area contributed by atoms with E-state index >= 15 is 0 Å². The second-order valence-corrected chi connectivity index (χ2v) is 3.57. The molecule has 1 aromatic carbocycles. The quantitative estimate of drug-likeness (QED) is 0.497. The lowest BCUT2D eigenvalue weighted by Gasteiger charge is -1.92. The van der Waals surface area contributed by atoms with Crippen LogP contribution in [0.5, 0.6) is 0 Å². The summed E-state index contributed by atoms with van der Waals surface area (Å²) in [5, 5.41) is 8.37. The lowest BCUT2D eigenvalue weighted by molar-refractivity contribution is -0.136. The number of hydrogen-bond acceptors (Lipinski definition) is 3. The summed E-state index contributed by atoms with van der Waals surface area (Å²) in [4.78, 5) is 38.7. The Morgan fingerprint density at radius 2 is 1.28 bits per heavy atom. The van der Waals surface area contributed by atoms with Crippen LogP contribution in [0, 0.1) is 0 Å². The summed E-state index contributed by atoms with van der Waals surface area (Å²) < 4.78 is 17.4. The van der Waals surface area contributed by atoms with Gasteiger partial charge >= 0.3 is 22.5 Å². The van der Waals surface area contributed by atoms with Gasteiger partial charge in [-0.3, -0.25) is 4.79 Å². The van der Waals surface area contributed by atoms with Gasteiger partial charge < -0.3 is 5.11 Å². The van der Waals surface area contributed by atoms with E-state index in [1.807, 2.05) is 18.2 Å². The fraction of sp³-hybridized carbons (Fsp3) is 0.125. The van der Waals surface area contributed by atoms with Crippen LogP contribution in [0.25, 0.3) is 0 Å². The summed E-state index contributed by atoms with van der Waals surface area (Å²) >= 11 is 0. The molecule has 0 heterocycles. The largest absolute Gasteiger partial charge is 0.692 e. The molecule has 0 unspecified atom stereocenters. The molecule has 0 saturated heterocycles. The van der Waals surface area contributed by atoms with Crippen molar-refractivity contribution in [1.29, 1.82) is 0 Å². The standard InChI is InChI=1S/C8H8O2.2HO3P/c9-8(10)6-7-4-2-1-3-5-7;2*1-4(2)3/h1-5H,6H2,(H,9,10);2*(H-,1,2,3)/p+2. The predicted octanol–water partition coefficient (Wildman–Crippen LogP) is 0.570. The van der Waals surface area contributed by atoms with Crippen molar-refractivity contribution in [3.63, 3.8) is 0 Å². The zero-order chi connectivity index (χ0) is 14.6. The van der Waals surface area contributed by atoms with E-state index in [1.165, 1.54) is 0 Å². The van der Waals surface area contributed by atoms with Gasteiger partial charge in [-0.25, -0.2) is 0 Å². The molecule has 0 saturated carbocycles. The Morgan fingerprint density at radius 3 is 1.56 bits per heavy atom. The topological polar surface area (TPSA) is 152 Å². The summed E-state index contributed by atoms with van der Waals surface area (Å²) in [5.74, 6) is -0.786. The Bertz CT molecular complexity index is 360. The van der Waals surface area contributed by atoms with E-state index < -0.39 is 22.5 Å². The molecule has 0 bridgehead atoms. The molecular weight excluding hydrogens is 286 g/mol. The Morgan fingerprint density at radius 1 is 0.944 bits per heavy atom. The van der Waals surface area contributed by atoms with Gasteiger partial charge in [-0.2, -0.15) is 0 Å². The highest BCUT2D eigenvalue weighted by atomic mass is 31.1. The van der Waals surface area contributed by atoms with E-state index in [4.69, 9.17) is 33.8 Å². The minimum Gasteiger partial charge on any atom is -0.481 e. The monoisotopic (exact) mass is 298 g/mol. The van der Waals surface area contributed by atoms with Crippen LogP contribution in [0.15, 0.2) is 30.3 Å². The summed E-state index contributed by atoms with van der Waals surface area (Å²) in [7, 11) is -5.74. The number of aliphatic carboxylic acids is 1. The normalized spacial score (nSPS) is 8.00. The third-order valence-corrected chi connectivity index (χ3v) is 1.20. The van der Waals surface area contributed by atoms with Crippen LogP contribution in [-0.4, -0.2) is 30.6 Å². The van der Waals surface area contributed by atoms with Gasteiger partial charge in [0.05, 0.1) is 6.42 Å². The number of carboxylic acids is 1. The van der Waals surface area contributed by atoms with Crippen molar-refractivity contribution < 1.29 is 38.6 Å². The molecule has 0 atom stereocenters. The first-order chi connectivity index (χ1) is 8.25. The van der Waals surface area contributed by atoms with Gasteiger partial charge in [-0.1, -0.05) is 30.3 Å². The highest BCUT2D eigenvalue weighted by Gasteiger charge is 1.96. The average molecular weight is 298 g/mol. The molecule has 8 nitrogen and oxygen atoms in total. The van der Waals surface area contributed by atoms with Crippen LogP contribution < -0.4 is 0 Å². The van der Waals surface area contributed by atoms with Gasteiger partial charge in [0.2, 0.25) is 0 Å². The lowest BCUT2D eigenvalue weighted by Crippen LogP contribution is -1.98. The third kappa shape index (κ3) is 24.1. The first kappa shape index (κ1) is 19.1. The molecule has 0 aliphatic rings. The van der Waals surface area contributed by atoms with Gasteiger partial charge in [-0.15, -0.1) is 19.6 Å². The second-order valence-electron chi connectivity index (χ2n) is 2.56. The maximum Gasteiger partial charge on any atom is 0.692 e. The fourth-order valence-electron chi connectivity index (χ4n) is 0.770. The van der Waals surface area contributed by atoms with E-state index in [0.29, 0.717) is 0 Å². The maximum atomic E-state index is 10.2. The van der Waals surface area contributed by atoms with Crippen molar-refractivity contribution in [3.05, 3.63) is 35.9 Å². The molecule has 10 heteroatoms. The fourth-order valence-corrected chi connectivity index (χ4v) is 0.770. The molecule has 0 aliphatic heterocycles. The number of benzene rings is 1. The third-order valence-electron chi connectivity index (χ3n) is 1.20. The van der Waals surface area contributed by atoms with Gasteiger partial charge in [0, 0.05) is 9.13 Å². The molecule has 0 fully saturated rings. The van der Waals surface area contributed by atoms with Crippen molar-refractivity contribution in [3.8, 4) is 0 Å². The minimum absolute atomic E-state index is 0.112. The van der Waals surface area contributed by atoms with E-state index in [0.717, 1.165) is 5.56 Å². The molecule has 18 heavy (non-hydrogen) atoms. The van der Waals surface area contributed by atoms with E-state index in [1.54, 1.807) is 12.1 Å². The highest BCUT2D eigenvalue weighted by Crippen LogP contribution is 1.99. The zero-order valence-corrected chi connectivity index (χ0v) is 10.7. The van der Waals surface area contributed by atoms with Crippen LogP contribution in [-0.2, 0) is 20.3 Å². The SMILES string of the molecule is O=C(O)Cc1ccccc1.O=[P+](O)O.O=[P+](O)O. The van der Waals surface area contributed by atoms with Crippen molar-refractivity contribution in [2.24, 2.45) is 0 Å². The molecule has 0 amide bonds. The second kappa shape index (κ2) is 12.2. The number of rotatable bonds is 2. The van der Waals surface area contributed by atoms with E-state index in [2.05, 4.69) is 0 Å². The van der Waals surface area contributed by atoms with Gasteiger partial charge in [0.25, 0.3) is 0 Å². The molecule has 5 N–H and O–H groups in total. The van der Waals surface area contributed by atoms with Gasteiger partial charge in [0.1, 0.15) is 0 Å². The molecule has 0 aromatic heterocycles. The summed E-state index contributed by atoms with van der Waals surface area (Å²) in [5.41, 5.74) is 0.843. The number of carbonyl (C=O) groups is 1. The minimum atomic E-state index is -2.87. The van der Waals surface area contributed by atoms with Crippen LogP contribution in [0.1, 0.15) is 5.56 Å². The molecule has 1 aromatic rings. The summed E-state index contributed by atoms with van der Waals surface area (Å²) in [6, 6.07) is 9.13. The Hall–Kier alpha value is -1.27. The van der Waals surface area contributed by atoms with E-state index in [9.17, 15) is 4.79 Å². The molecule has 0 spiro atoms. The van der Waals surface area contributed by atoms with Crippen LogP contribution in [0.2, 0.25) is 0 Å². The van der Waals surface area contributed by atoms with Crippen molar-refractivity contribution in [1.82, 2.24) is 0 Å². The molecule has 0 aliphatic carbocycles. The van der Waals surface area contributed by atoms with Crippen molar-refractivity contribution >= 4 is 22.5 Å². The average Bonchev–Trinajstić information content (AvgIpc) is 2.16. The van der Waals surface area contributed by atoms with Crippen LogP contribution in [0.3, 0.4) is 0 Å². The lowest BCUT2D eigenvalue weighted by atomic mass is 10.2. The highest BCUT2D eigenvalue weighted by molar-refractivity contribution is 7.31. The molecule has 0 radical (unpaired) electrons. The number of carboxylic acid groups (broad SMARTS) is 1. The Labute approximate surface area is 104 Å². The smallest absolute Gasteiger partial charge is 0.481 e. The van der Waals surface area contributed by atoms with Gasteiger partial charge in [-0.05, 0) is 5.56 Å². The van der Waals surface area contributed by atoms with Gasteiger partial charge in [0.15, 0.2) is 0 Å². The zero-order valence-electron chi connectivity index (χ0n) is 8.95. The molecule has 1 rings (SSSR count). The van der Waals surface area contributed by atoms with Crippen molar-refractivity contribution in [2.45, 2.75) is 6.42 Å². The Kier molecular flexibility index (Phi) is 12.9. The van der Waals surface area contributed by atoms with Crippen LogP contribution >= 0.6 is 16.5 Å². The number of hydrogen-bond donors (Lipinski definition) is 5. The van der Waals surface area contributed by atoms with Crippen molar-refractivity contribution in [2.75, 3.05) is 0 Å². The first-order valence-electron chi connectivity index (χ1n) is 4.21. The molecule has 100 valence electrons. The summed E-state index contributed by atoms with van der Waals surface area (Å²) in [6.45, 7) is 0. The molecular formula is C8H12O8P2+2. The van der Waals surface area contributed by atoms with E-state index in [-0.39, 0.29) is 6.42 Å². The predicted molar refractivity (Wildman–Crippen MR) is 61.9 cm³/mol. The Balaban J connectivity index is 0. The summed E-state index contributed by atoms with van der Waals surface area (Å²) in [6.07, 6.45) is 0.112. The first-order valence-corrected chi connectivity index (χ1v) is 6.54.